The van der Waals surface area contributed by atoms with Crippen molar-refractivity contribution < 1.29 is 14.7 Å². The molecule has 160 valence electrons. The van der Waals surface area contributed by atoms with Gasteiger partial charge in [-0.15, -0.1) is 11.3 Å². The highest BCUT2D eigenvalue weighted by molar-refractivity contribution is 7.17. The van der Waals surface area contributed by atoms with Crippen LogP contribution >= 0.6 is 11.3 Å². The Labute approximate surface area is 183 Å². The third kappa shape index (κ3) is 4.18. The number of aromatic nitrogens is 2. The highest BCUT2D eigenvalue weighted by atomic mass is 32.1. The summed E-state index contributed by atoms with van der Waals surface area (Å²) < 4.78 is 1.10. The molecule has 5 rings (SSSR count). The van der Waals surface area contributed by atoms with Gasteiger partial charge in [0, 0.05) is 25.3 Å². The number of hydrogen-bond donors (Lipinski definition) is 3. The maximum Gasteiger partial charge on any atom is 0.404 e. The maximum atomic E-state index is 13.0. The summed E-state index contributed by atoms with van der Waals surface area (Å²) in [5, 5.41) is 16.7. The molecule has 8 nitrogen and oxygen atoms in total. The fraction of sp³-hybridized carbons (Fsp3) is 0.364. The summed E-state index contributed by atoms with van der Waals surface area (Å²) in [6.45, 7) is 1.33. The number of nitrogens with zero attached hydrogens (tertiary/aromatic N) is 3. The van der Waals surface area contributed by atoms with Gasteiger partial charge in [0.05, 0.1) is 27.8 Å². The number of piperidine rings is 1. The smallest absolute Gasteiger partial charge is 0.404 e. The van der Waals surface area contributed by atoms with Gasteiger partial charge in [0.1, 0.15) is 5.69 Å². The lowest BCUT2D eigenvalue weighted by atomic mass is 10.0. The summed E-state index contributed by atoms with van der Waals surface area (Å²) in [6.07, 6.45) is 6.32. The molecule has 2 aliphatic rings. The van der Waals surface area contributed by atoms with Crippen LogP contribution < -0.4 is 15.5 Å². The van der Waals surface area contributed by atoms with Crippen LogP contribution in [0.25, 0.3) is 10.2 Å². The Bertz CT molecular complexity index is 1140. The van der Waals surface area contributed by atoms with Crippen molar-refractivity contribution in [2.45, 2.75) is 37.6 Å². The lowest BCUT2D eigenvalue weighted by Crippen LogP contribution is -2.47. The Hall–Kier alpha value is -3.20. The molecule has 1 saturated heterocycles. The standard InChI is InChI=1S/C22H23N5O3S/c28-21(16-5-6-19-20(25-16)15(12-31-19)13-3-4-13)26-17-10-23-8-7-18(17)27-9-1-2-14(11-27)24-22(29)30/h5-8,10,12-14,24H,1-4,9,11H2,(H,26,28)(H,29,30). The van der Waals surface area contributed by atoms with Crippen LogP contribution in [0.5, 0.6) is 0 Å². The van der Waals surface area contributed by atoms with Crippen LogP contribution in [0.2, 0.25) is 0 Å². The zero-order valence-corrected chi connectivity index (χ0v) is 17.7. The number of anilines is 2. The van der Waals surface area contributed by atoms with E-state index in [-0.39, 0.29) is 11.9 Å². The first-order valence-electron chi connectivity index (χ1n) is 10.5. The van der Waals surface area contributed by atoms with Crippen LogP contribution in [0, 0.1) is 0 Å². The van der Waals surface area contributed by atoms with Gasteiger partial charge in [-0.3, -0.25) is 9.78 Å². The van der Waals surface area contributed by atoms with Gasteiger partial charge in [-0.25, -0.2) is 9.78 Å². The molecule has 4 heterocycles. The van der Waals surface area contributed by atoms with Gasteiger partial charge in [0.2, 0.25) is 0 Å². The fourth-order valence-corrected chi connectivity index (χ4v) is 5.16. The highest BCUT2D eigenvalue weighted by Gasteiger charge is 2.28. The topological polar surface area (TPSA) is 107 Å². The van der Waals surface area contributed by atoms with Crippen LogP contribution in [0.15, 0.2) is 36.0 Å². The molecule has 1 saturated carbocycles. The average Bonchev–Trinajstić information content (AvgIpc) is 3.52. The Kier molecular flexibility index (Phi) is 5.19. The number of nitrogens with one attached hydrogen (secondary N) is 2. The number of amides is 2. The monoisotopic (exact) mass is 437 g/mol. The first kappa shape index (κ1) is 19.7. The van der Waals surface area contributed by atoms with Crippen LogP contribution in [0.4, 0.5) is 16.2 Å². The predicted molar refractivity (Wildman–Crippen MR) is 120 cm³/mol. The molecule has 2 fully saturated rings. The van der Waals surface area contributed by atoms with Crippen molar-refractivity contribution >= 4 is 44.9 Å². The Morgan fingerprint density at radius 2 is 2.06 bits per heavy atom. The SMILES string of the molecule is O=C(O)NC1CCCN(c2ccncc2NC(=O)c2ccc3scc(C4CC4)c3n2)C1. The van der Waals surface area contributed by atoms with Crippen LogP contribution in [0.3, 0.4) is 0 Å². The van der Waals surface area contributed by atoms with Gasteiger partial charge in [0.15, 0.2) is 0 Å². The van der Waals surface area contributed by atoms with E-state index in [9.17, 15) is 9.59 Å². The second-order valence-corrected chi connectivity index (χ2v) is 9.00. The zero-order chi connectivity index (χ0) is 21.4. The molecule has 0 radical (unpaired) electrons. The molecule has 1 unspecified atom stereocenters. The van der Waals surface area contributed by atoms with Crippen molar-refractivity contribution in [2.75, 3.05) is 23.3 Å². The first-order valence-corrected chi connectivity index (χ1v) is 11.3. The molecular formula is C22H23N5O3S. The van der Waals surface area contributed by atoms with E-state index in [4.69, 9.17) is 5.11 Å². The molecule has 3 aromatic heterocycles. The van der Waals surface area contributed by atoms with Crippen LogP contribution in [-0.4, -0.2) is 46.2 Å². The number of rotatable bonds is 5. The van der Waals surface area contributed by atoms with Crippen LogP contribution in [0.1, 0.15) is 47.7 Å². The Morgan fingerprint density at radius 1 is 1.19 bits per heavy atom. The Morgan fingerprint density at radius 3 is 2.87 bits per heavy atom. The van der Waals surface area contributed by atoms with E-state index < -0.39 is 6.09 Å². The molecule has 31 heavy (non-hydrogen) atoms. The molecule has 3 N–H and O–H groups in total. The normalized spacial score (nSPS) is 18.7. The summed E-state index contributed by atoms with van der Waals surface area (Å²) in [6, 6.07) is 5.42. The van der Waals surface area contributed by atoms with E-state index in [1.165, 1.54) is 18.4 Å². The summed E-state index contributed by atoms with van der Waals surface area (Å²) >= 11 is 1.67. The number of pyridine rings is 2. The minimum Gasteiger partial charge on any atom is -0.465 e. The van der Waals surface area contributed by atoms with Gasteiger partial charge >= 0.3 is 6.09 Å². The first-order chi connectivity index (χ1) is 15.1. The average molecular weight is 438 g/mol. The van der Waals surface area contributed by atoms with Crippen molar-refractivity contribution in [3.05, 3.63) is 47.2 Å². The summed E-state index contributed by atoms with van der Waals surface area (Å²) in [4.78, 5) is 35.0. The van der Waals surface area contributed by atoms with Crippen molar-refractivity contribution in [2.24, 2.45) is 0 Å². The molecule has 0 spiro atoms. The van der Waals surface area contributed by atoms with Crippen molar-refractivity contribution in [1.29, 1.82) is 0 Å². The number of thiophene rings is 1. The molecule has 1 atom stereocenters. The van der Waals surface area contributed by atoms with E-state index in [0.717, 1.165) is 35.3 Å². The molecule has 3 aromatic rings. The van der Waals surface area contributed by atoms with Crippen LogP contribution in [-0.2, 0) is 0 Å². The zero-order valence-electron chi connectivity index (χ0n) is 16.9. The quantitative estimate of drug-likeness (QED) is 0.556. The van der Waals surface area contributed by atoms with Gasteiger partial charge in [-0.05, 0) is 60.7 Å². The number of fused-ring (bicyclic) bond motifs is 1. The van der Waals surface area contributed by atoms with E-state index in [1.54, 1.807) is 29.8 Å². The van der Waals surface area contributed by atoms with Crippen molar-refractivity contribution in [3.8, 4) is 0 Å². The van der Waals surface area contributed by atoms with E-state index >= 15 is 0 Å². The second kappa shape index (κ2) is 8.14. The summed E-state index contributed by atoms with van der Waals surface area (Å²) in [7, 11) is 0. The molecule has 9 heteroatoms. The minimum absolute atomic E-state index is 0.147. The summed E-state index contributed by atoms with van der Waals surface area (Å²) in [5.41, 5.74) is 3.99. The van der Waals surface area contributed by atoms with E-state index in [0.29, 0.717) is 23.8 Å². The predicted octanol–water partition coefficient (Wildman–Crippen LogP) is 4.06. The molecule has 1 aliphatic carbocycles. The second-order valence-electron chi connectivity index (χ2n) is 8.09. The largest absolute Gasteiger partial charge is 0.465 e. The number of carboxylic acid groups (broad SMARTS) is 1. The lowest BCUT2D eigenvalue weighted by molar-refractivity contribution is 0.102. The minimum atomic E-state index is -1.02. The number of carbonyl (C=O) groups is 2. The molecule has 2 amide bonds. The lowest BCUT2D eigenvalue weighted by Gasteiger charge is -2.35. The van der Waals surface area contributed by atoms with Crippen molar-refractivity contribution in [3.63, 3.8) is 0 Å². The van der Waals surface area contributed by atoms with Gasteiger partial charge < -0.3 is 20.6 Å². The molecule has 0 bridgehead atoms. The number of hydrogen-bond acceptors (Lipinski definition) is 6. The summed E-state index contributed by atoms with van der Waals surface area (Å²) in [5.74, 6) is 0.303. The van der Waals surface area contributed by atoms with Gasteiger partial charge in [0.25, 0.3) is 5.91 Å². The molecular weight excluding hydrogens is 414 g/mol. The third-order valence-electron chi connectivity index (χ3n) is 5.83. The van der Waals surface area contributed by atoms with Gasteiger partial charge in [-0.2, -0.15) is 0 Å². The number of carbonyl (C=O) groups excluding carboxylic acids is 1. The van der Waals surface area contributed by atoms with E-state index in [1.807, 2.05) is 12.1 Å². The van der Waals surface area contributed by atoms with E-state index in [2.05, 4.69) is 30.9 Å². The Balaban J connectivity index is 1.37. The molecule has 1 aliphatic heterocycles. The molecule has 0 aromatic carbocycles. The fourth-order valence-electron chi connectivity index (χ4n) is 4.18. The van der Waals surface area contributed by atoms with Gasteiger partial charge in [-0.1, -0.05) is 0 Å². The van der Waals surface area contributed by atoms with Crippen molar-refractivity contribution in [1.82, 2.24) is 15.3 Å². The maximum absolute atomic E-state index is 13.0. The highest BCUT2D eigenvalue weighted by Crippen LogP contribution is 2.44. The third-order valence-corrected chi connectivity index (χ3v) is 6.79.